The average Bonchev–Trinajstić information content (AvgIpc) is 2.34. The highest BCUT2D eigenvalue weighted by atomic mass is 79.9. The Morgan fingerprint density at radius 3 is 2.45 bits per heavy atom. The van der Waals surface area contributed by atoms with E-state index < -0.39 is 17.3 Å². The molecule has 0 amide bonds. The quantitative estimate of drug-likeness (QED) is 0.760. The van der Waals surface area contributed by atoms with E-state index in [-0.39, 0.29) is 15.9 Å². The minimum atomic E-state index is -4.54. The van der Waals surface area contributed by atoms with E-state index in [1.807, 2.05) is 0 Å². The predicted octanol–water partition coefficient (Wildman–Crippen LogP) is 4.29. The molecule has 1 N–H and O–H groups in total. The number of aromatic nitrogens is 2. The number of nitrogens with zero attached hydrogens (tertiary/aromatic N) is 1. The van der Waals surface area contributed by atoms with E-state index in [0.29, 0.717) is 10.2 Å². The summed E-state index contributed by atoms with van der Waals surface area (Å²) in [6, 6.07) is 3.67. The minimum Gasteiger partial charge on any atom is -0.306 e. The highest BCUT2D eigenvalue weighted by Gasteiger charge is 2.34. The molecule has 8 heteroatoms. The minimum absolute atomic E-state index is 0.115. The second kappa shape index (κ2) is 5.33. The molecule has 0 radical (unpaired) electrons. The van der Waals surface area contributed by atoms with Gasteiger partial charge in [0.05, 0.1) is 11.3 Å². The van der Waals surface area contributed by atoms with Crippen molar-refractivity contribution in [3.8, 4) is 11.4 Å². The van der Waals surface area contributed by atoms with Crippen LogP contribution in [-0.2, 0) is 6.18 Å². The first-order chi connectivity index (χ1) is 9.20. The van der Waals surface area contributed by atoms with Crippen LogP contribution in [0.25, 0.3) is 11.4 Å². The van der Waals surface area contributed by atoms with Crippen molar-refractivity contribution >= 4 is 31.9 Å². The summed E-state index contributed by atoms with van der Waals surface area (Å²) in [5, 5.41) is 0. The lowest BCUT2D eigenvalue weighted by Gasteiger charge is -2.13. The maximum atomic E-state index is 13.0. The summed E-state index contributed by atoms with van der Waals surface area (Å²) in [6.07, 6.45) is -4.54. The molecule has 0 saturated carbocycles. The zero-order valence-electron chi connectivity index (χ0n) is 9.98. The Kier molecular flexibility index (Phi) is 4.06. The van der Waals surface area contributed by atoms with Gasteiger partial charge >= 0.3 is 6.18 Å². The van der Waals surface area contributed by atoms with Gasteiger partial charge in [0.1, 0.15) is 10.3 Å². The third kappa shape index (κ3) is 2.95. The molecule has 0 atom stereocenters. The SMILES string of the molecule is Cc1nc(-c2ccc(Br)cc2C(F)(F)F)[nH]c(=O)c1Br. The van der Waals surface area contributed by atoms with Crippen LogP contribution in [0.3, 0.4) is 0 Å². The van der Waals surface area contributed by atoms with Crippen LogP contribution in [-0.4, -0.2) is 9.97 Å². The Morgan fingerprint density at radius 2 is 1.90 bits per heavy atom. The van der Waals surface area contributed by atoms with E-state index >= 15 is 0 Å². The molecule has 1 aromatic heterocycles. The Bertz CT molecular complexity index is 726. The van der Waals surface area contributed by atoms with Crippen LogP contribution in [0.4, 0.5) is 13.2 Å². The van der Waals surface area contributed by atoms with Crippen molar-refractivity contribution in [2.75, 3.05) is 0 Å². The summed E-state index contributed by atoms with van der Waals surface area (Å²) in [5.74, 6) is -0.115. The molecule has 2 rings (SSSR count). The standard InChI is InChI=1S/C12H7Br2F3N2O/c1-5-9(14)11(20)19-10(18-5)7-3-2-6(13)4-8(7)12(15,16)17/h2-4H,1H3,(H,18,19,20). The number of alkyl halides is 3. The number of halogens is 5. The summed E-state index contributed by atoms with van der Waals surface area (Å²) < 4.78 is 39.6. The second-order valence-electron chi connectivity index (χ2n) is 4.00. The van der Waals surface area contributed by atoms with Gasteiger partial charge in [-0.05, 0) is 41.1 Å². The van der Waals surface area contributed by atoms with Crippen LogP contribution in [0.15, 0.2) is 31.9 Å². The molecule has 2 aromatic rings. The lowest BCUT2D eigenvalue weighted by atomic mass is 10.1. The van der Waals surface area contributed by atoms with Gasteiger partial charge in [-0.2, -0.15) is 13.2 Å². The van der Waals surface area contributed by atoms with Gasteiger partial charge in [-0.25, -0.2) is 4.98 Å². The van der Waals surface area contributed by atoms with E-state index in [4.69, 9.17) is 0 Å². The number of aryl methyl sites for hydroxylation is 1. The molecule has 0 fully saturated rings. The van der Waals surface area contributed by atoms with Crippen LogP contribution >= 0.6 is 31.9 Å². The van der Waals surface area contributed by atoms with Crippen molar-refractivity contribution in [3.63, 3.8) is 0 Å². The van der Waals surface area contributed by atoms with Gasteiger partial charge < -0.3 is 4.98 Å². The van der Waals surface area contributed by atoms with Crippen molar-refractivity contribution in [2.24, 2.45) is 0 Å². The fourth-order valence-electron chi connectivity index (χ4n) is 1.66. The van der Waals surface area contributed by atoms with Crippen LogP contribution in [0.5, 0.6) is 0 Å². The van der Waals surface area contributed by atoms with E-state index in [9.17, 15) is 18.0 Å². The topological polar surface area (TPSA) is 45.8 Å². The maximum Gasteiger partial charge on any atom is 0.417 e. The largest absolute Gasteiger partial charge is 0.417 e. The number of hydrogen-bond acceptors (Lipinski definition) is 2. The van der Waals surface area contributed by atoms with Crippen LogP contribution < -0.4 is 5.56 Å². The number of benzene rings is 1. The van der Waals surface area contributed by atoms with Crippen LogP contribution in [0.2, 0.25) is 0 Å². The molecule has 0 aliphatic heterocycles. The molecule has 106 valence electrons. The second-order valence-corrected chi connectivity index (χ2v) is 5.71. The predicted molar refractivity (Wildman–Crippen MR) is 75.4 cm³/mol. The lowest BCUT2D eigenvalue weighted by Crippen LogP contribution is -2.14. The molecule has 0 spiro atoms. The van der Waals surface area contributed by atoms with Crippen molar-refractivity contribution in [1.29, 1.82) is 0 Å². The molecular formula is C12H7Br2F3N2O. The van der Waals surface area contributed by atoms with Crippen LogP contribution in [0, 0.1) is 6.92 Å². The average molecular weight is 412 g/mol. The van der Waals surface area contributed by atoms with Gasteiger partial charge in [0, 0.05) is 10.0 Å². The van der Waals surface area contributed by atoms with Gasteiger partial charge in [-0.1, -0.05) is 15.9 Å². The Morgan fingerprint density at radius 1 is 1.25 bits per heavy atom. The van der Waals surface area contributed by atoms with Gasteiger partial charge in [-0.15, -0.1) is 0 Å². The van der Waals surface area contributed by atoms with Crippen molar-refractivity contribution in [1.82, 2.24) is 9.97 Å². The summed E-state index contributed by atoms with van der Waals surface area (Å²) in [7, 11) is 0. The third-order valence-corrected chi connectivity index (χ3v) is 4.00. The van der Waals surface area contributed by atoms with Gasteiger partial charge in [-0.3, -0.25) is 4.79 Å². The smallest absolute Gasteiger partial charge is 0.306 e. The third-order valence-electron chi connectivity index (χ3n) is 2.57. The highest BCUT2D eigenvalue weighted by Crippen LogP contribution is 2.37. The van der Waals surface area contributed by atoms with Gasteiger partial charge in [0.2, 0.25) is 0 Å². The Hall–Kier alpha value is -1.15. The first kappa shape index (κ1) is 15.2. The molecular weight excluding hydrogens is 405 g/mol. The van der Waals surface area contributed by atoms with Crippen LogP contribution in [0.1, 0.15) is 11.3 Å². The zero-order valence-corrected chi connectivity index (χ0v) is 13.1. The molecule has 0 bridgehead atoms. The molecule has 0 aliphatic carbocycles. The fourth-order valence-corrected chi connectivity index (χ4v) is 2.21. The number of aromatic amines is 1. The summed E-state index contributed by atoms with van der Waals surface area (Å²) >= 11 is 6.02. The molecule has 0 saturated heterocycles. The molecule has 1 heterocycles. The lowest BCUT2D eigenvalue weighted by molar-refractivity contribution is -0.137. The number of nitrogens with one attached hydrogen (secondary N) is 1. The van der Waals surface area contributed by atoms with E-state index in [2.05, 4.69) is 41.8 Å². The molecule has 3 nitrogen and oxygen atoms in total. The monoisotopic (exact) mass is 410 g/mol. The van der Waals surface area contributed by atoms with Crippen molar-refractivity contribution in [3.05, 3.63) is 48.8 Å². The summed E-state index contributed by atoms with van der Waals surface area (Å²) in [6.45, 7) is 1.54. The normalized spacial score (nSPS) is 11.7. The molecule has 0 unspecified atom stereocenters. The van der Waals surface area contributed by atoms with E-state index in [1.165, 1.54) is 19.1 Å². The fraction of sp³-hybridized carbons (Fsp3) is 0.167. The first-order valence-electron chi connectivity index (χ1n) is 5.33. The van der Waals surface area contributed by atoms with Gasteiger partial charge in [0.25, 0.3) is 5.56 Å². The summed E-state index contributed by atoms with van der Waals surface area (Å²) in [4.78, 5) is 18.0. The molecule has 1 aromatic carbocycles. The number of H-pyrrole nitrogens is 1. The number of rotatable bonds is 1. The van der Waals surface area contributed by atoms with Crippen molar-refractivity contribution in [2.45, 2.75) is 13.1 Å². The Labute approximate surface area is 128 Å². The van der Waals surface area contributed by atoms with Gasteiger partial charge in [0.15, 0.2) is 0 Å². The number of hydrogen-bond donors (Lipinski definition) is 1. The van der Waals surface area contributed by atoms with E-state index in [1.54, 1.807) is 0 Å². The Balaban J connectivity index is 2.74. The zero-order chi connectivity index (χ0) is 15.1. The molecule has 0 aliphatic rings. The summed E-state index contributed by atoms with van der Waals surface area (Å²) in [5.41, 5.74) is -1.24. The maximum absolute atomic E-state index is 13.0. The van der Waals surface area contributed by atoms with Crippen molar-refractivity contribution < 1.29 is 13.2 Å². The highest BCUT2D eigenvalue weighted by molar-refractivity contribution is 9.10. The molecule has 20 heavy (non-hydrogen) atoms. The first-order valence-corrected chi connectivity index (χ1v) is 6.92. The van der Waals surface area contributed by atoms with E-state index in [0.717, 1.165) is 6.07 Å².